The van der Waals surface area contributed by atoms with Crippen molar-refractivity contribution in [1.82, 2.24) is 5.32 Å². The minimum atomic E-state index is 0.578. The van der Waals surface area contributed by atoms with E-state index in [1.165, 1.54) is 44.1 Å². The summed E-state index contributed by atoms with van der Waals surface area (Å²) in [6.45, 7) is 0. The summed E-state index contributed by atoms with van der Waals surface area (Å²) in [5.41, 5.74) is 1.33. The third kappa shape index (κ3) is 3.97. The van der Waals surface area contributed by atoms with Crippen molar-refractivity contribution in [2.75, 3.05) is 14.2 Å². The maximum atomic E-state index is 5.47. The van der Waals surface area contributed by atoms with Crippen LogP contribution in [0.2, 0.25) is 0 Å². The lowest BCUT2D eigenvalue weighted by Gasteiger charge is -2.26. The van der Waals surface area contributed by atoms with Crippen LogP contribution in [0, 0.1) is 5.92 Å². The molecule has 2 nitrogen and oxygen atoms in total. The fraction of sp³-hybridized carbons (Fsp3) is 0.647. The highest BCUT2D eigenvalue weighted by Gasteiger charge is 2.22. The van der Waals surface area contributed by atoms with Crippen LogP contribution in [0.25, 0.3) is 0 Å². The summed E-state index contributed by atoms with van der Waals surface area (Å²) in [5, 5.41) is 3.54. The number of ether oxygens (including phenoxy) is 1. The van der Waals surface area contributed by atoms with Crippen LogP contribution in [0.3, 0.4) is 0 Å². The Hall–Kier alpha value is -1.02. The smallest absolute Gasteiger partial charge is 0.122 e. The summed E-state index contributed by atoms with van der Waals surface area (Å²) >= 11 is 0. The van der Waals surface area contributed by atoms with Gasteiger partial charge in [-0.05, 0) is 43.9 Å². The molecule has 1 saturated carbocycles. The third-order valence-electron chi connectivity index (χ3n) is 4.47. The average molecular weight is 261 g/mol. The third-order valence-corrected chi connectivity index (χ3v) is 4.47. The Balaban J connectivity index is 2.05. The van der Waals surface area contributed by atoms with Gasteiger partial charge in [0.2, 0.25) is 0 Å². The second-order valence-corrected chi connectivity index (χ2v) is 5.66. The molecule has 106 valence electrons. The highest BCUT2D eigenvalue weighted by molar-refractivity contribution is 5.33. The molecule has 1 N–H and O–H groups in total. The van der Waals surface area contributed by atoms with Gasteiger partial charge in [-0.25, -0.2) is 0 Å². The Morgan fingerprint density at radius 2 is 1.84 bits per heavy atom. The number of hydrogen-bond donors (Lipinski definition) is 1. The van der Waals surface area contributed by atoms with E-state index in [-0.39, 0.29) is 0 Å². The molecule has 0 radical (unpaired) electrons. The second-order valence-electron chi connectivity index (χ2n) is 5.66. The Morgan fingerprint density at radius 1 is 1.16 bits per heavy atom. The quantitative estimate of drug-likeness (QED) is 0.814. The number of para-hydroxylation sites is 1. The van der Waals surface area contributed by atoms with Crippen LogP contribution < -0.4 is 10.1 Å². The molecule has 2 heteroatoms. The number of hydrogen-bond acceptors (Lipinski definition) is 2. The van der Waals surface area contributed by atoms with Crippen molar-refractivity contribution in [2.24, 2.45) is 5.92 Å². The van der Waals surface area contributed by atoms with Crippen LogP contribution in [0.5, 0.6) is 5.75 Å². The van der Waals surface area contributed by atoms with Gasteiger partial charge < -0.3 is 10.1 Å². The summed E-state index contributed by atoms with van der Waals surface area (Å²) in [5.74, 6) is 1.84. The summed E-state index contributed by atoms with van der Waals surface area (Å²) in [4.78, 5) is 0. The van der Waals surface area contributed by atoms with Crippen LogP contribution in [0.4, 0.5) is 0 Å². The average Bonchev–Trinajstić information content (AvgIpc) is 2.74. The zero-order valence-corrected chi connectivity index (χ0v) is 12.3. The molecule has 1 aliphatic rings. The van der Waals surface area contributed by atoms with E-state index in [4.69, 9.17) is 4.74 Å². The van der Waals surface area contributed by atoms with Gasteiger partial charge in [0.15, 0.2) is 0 Å². The van der Waals surface area contributed by atoms with E-state index in [2.05, 4.69) is 30.6 Å². The highest BCUT2D eigenvalue weighted by atomic mass is 16.5. The first-order valence-electron chi connectivity index (χ1n) is 7.64. The van der Waals surface area contributed by atoms with Crippen molar-refractivity contribution in [3.8, 4) is 5.75 Å². The van der Waals surface area contributed by atoms with E-state index in [9.17, 15) is 0 Å². The summed E-state index contributed by atoms with van der Waals surface area (Å²) in [6.07, 6.45) is 9.46. The van der Waals surface area contributed by atoms with Crippen LogP contribution >= 0.6 is 0 Å². The first-order valence-corrected chi connectivity index (χ1v) is 7.64. The van der Waals surface area contributed by atoms with E-state index in [0.717, 1.165) is 18.1 Å². The van der Waals surface area contributed by atoms with Gasteiger partial charge in [0.1, 0.15) is 5.75 Å². The number of methoxy groups -OCH3 is 1. The number of rotatable bonds is 5. The zero-order chi connectivity index (χ0) is 13.5. The van der Waals surface area contributed by atoms with Gasteiger partial charge in [-0.1, -0.05) is 43.9 Å². The Bertz CT molecular complexity index is 369. The molecule has 1 atom stereocenters. The summed E-state index contributed by atoms with van der Waals surface area (Å²) in [7, 11) is 3.86. The molecule has 19 heavy (non-hydrogen) atoms. The van der Waals surface area contributed by atoms with E-state index < -0.39 is 0 Å². The molecular weight excluding hydrogens is 234 g/mol. The van der Waals surface area contributed by atoms with Gasteiger partial charge in [-0.15, -0.1) is 0 Å². The minimum Gasteiger partial charge on any atom is -0.496 e. The molecule has 0 spiro atoms. The van der Waals surface area contributed by atoms with Crippen LogP contribution in [0.1, 0.15) is 44.1 Å². The first-order chi connectivity index (χ1) is 9.35. The molecule has 0 amide bonds. The number of likely N-dealkylation sites (N-methyl/N-ethyl adjacent to an activating group) is 1. The molecule has 0 heterocycles. The second kappa shape index (κ2) is 7.54. The van der Waals surface area contributed by atoms with Crippen molar-refractivity contribution in [1.29, 1.82) is 0 Å². The maximum absolute atomic E-state index is 5.47. The number of nitrogens with one attached hydrogen (secondary N) is 1. The highest BCUT2D eigenvalue weighted by Crippen LogP contribution is 2.28. The lowest BCUT2D eigenvalue weighted by Crippen LogP contribution is -2.35. The fourth-order valence-electron chi connectivity index (χ4n) is 3.33. The van der Waals surface area contributed by atoms with E-state index in [1.54, 1.807) is 7.11 Å². The minimum absolute atomic E-state index is 0.578. The van der Waals surface area contributed by atoms with Crippen molar-refractivity contribution in [3.63, 3.8) is 0 Å². The van der Waals surface area contributed by atoms with Crippen molar-refractivity contribution in [3.05, 3.63) is 29.8 Å². The normalized spacial score (nSPS) is 18.8. The molecule has 0 bridgehead atoms. The first kappa shape index (κ1) is 14.4. The fourth-order valence-corrected chi connectivity index (χ4v) is 3.33. The lowest BCUT2D eigenvalue weighted by atomic mass is 9.87. The predicted octanol–water partition coefficient (Wildman–Crippen LogP) is 3.80. The van der Waals surface area contributed by atoms with Crippen LogP contribution in [0.15, 0.2) is 24.3 Å². The summed E-state index contributed by atoms with van der Waals surface area (Å²) in [6, 6.07) is 8.99. The summed E-state index contributed by atoms with van der Waals surface area (Å²) < 4.78 is 5.47. The topological polar surface area (TPSA) is 21.3 Å². The zero-order valence-electron chi connectivity index (χ0n) is 12.3. The van der Waals surface area contributed by atoms with Gasteiger partial charge in [0, 0.05) is 6.04 Å². The van der Waals surface area contributed by atoms with Crippen LogP contribution in [-0.2, 0) is 6.42 Å². The standard InChI is InChI=1S/C17H27NO/c1-18-16(14-9-5-3-4-6-10-14)13-15-11-7-8-12-17(15)19-2/h7-8,11-12,14,16,18H,3-6,9-10,13H2,1-2H3. The van der Waals surface area contributed by atoms with Gasteiger partial charge in [-0.2, -0.15) is 0 Å². The monoisotopic (exact) mass is 261 g/mol. The molecule has 1 aromatic carbocycles. The van der Waals surface area contributed by atoms with E-state index in [0.29, 0.717) is 6.04 Å². The van der Waals surface area contributed by atoms with Gasteiger partial charge >= 0.3 is 0 Å². The van der Waals surface area contributed by atoms with Crippen molar-refractivity contribution in [2.45, 2.75) is 51.0 Å². The Labute approximate surface area is 117 Å². The van der Waals surface area contributed by atoms with Crippen molar-refractivity contribution < 1.29 is 4.74 Å². The van der Waals surface area contributed by atoms with E-state index >= 15 is 0 Å². The van der Waals surface area contributed by atoms with Gasteiger partial charge in [0.25, 0.3) is 0 Å². The molecule has 0 aromatic heterocycles. The molecule has 1 aliphatic carbocycles. The lowest BCUT2D eigenvalue weighted by molar-refractivity contribution is 0.328. The Morgan fingerprint density at radius 3 is 2.47 bits per heavy atom. The molecule has 1 unspecified atom stereocenters. The Kier molecular flexibility index (Phi) is 5.71. The SMILES string of the molecule is CNC(Cc1ccccc1OC)C1CCCCCC1. The maximum Gasteiger partial charge on any atom is 0.122 e. The molecule has 0 saturated heterocycles. The van der Waals surface area contributed by atoms with E-state index in [1.807, 2.05) is 6.07 Å². The number of benzene rings is 1. The van der Waals surface area contributed by atoms with Gasteiger partial charge in [0.05, 0.1) is 7.11 Å². The molecule has 1 aromatic rings. The van der Waals surface area contributed by atoms with Crippen molar-refractivity contribution >= 4 is 0 Å². The molecule has 0 aliphatic heterocycles. The molecular formula is C17H27NO. The molecule has 1 fully saturated rings. The predicted molar refractivity (Wildman–Crippen MR) is 80.7 cm³/mol. The van der Waals surface area contributed by atoms with Crippen LogP contribution in [-0.4, -0.2) is 20.2 Å². The molecule has 2 rings (SSSR count). The van der Waals surface area contributed by atoms with Gasteiger partial charge in [-0.3, -0.25) is 0 Å². The largest absolute Gasteiger partial charge is 0.496 e.